The van der Waals surface area contributed by atoms with E-state index in [1.54, 1.807) is 0 Å². The molecule has 4 heteroatoms. The topological polar surface area (TPSA) is 46.2 Å². The molecule has 2 rings (SSSR count). The van der Waals surface area contributed by atoms with Gasteiger partial charge in [-0.1, -0.05) is 61.0 Å². The van der Waals surface area contributed by atoms with Crippen molar-refractivity contribution in [3.63, 3.8) is 0 Å². The smallest absolute Gasteiger partial charge is 0.212 e. The SMILES string of the molecule is CCc1ccc([C@H](C)NS(=O)(=O)Cc2ccc(C)cc2)cc1. The van der Waals surface area contributed by atoms with Crippen LogP contribution in [0.1, 0.15) is 42.1 Å². The molecule has 0 unspecified atom stereocenters. The summed E-state index contributed by atoms with van der Waals surface area (Å²) in [7, 11) is -3.36. The lowest BCUT2D eigenvalue weighted by molar-refractivity contribution is 0.566. The molecule has 2 aromatic rings. The van der Waals surface area contributed by atoms with Crippen molar-refractivity contribution in [3.05, 3.63) is 70.8 Å². The summed E-state index contributed by atoms with van der Waals surface area (Å²) >= 11 is 0. The first-order valence-corrected chi connectivity index (χ1v) is 9.19. The fourth-order valence-electron chi connectivity index (χ4n) is 2.32. The Bertz CT molecular complexity index is 704. The molecule has 0 saturated carbocycles. The van der Waals surface area contributed by atoms with E-state index in [1.165, 1.54) is 5.56 Å². The van der Waals surface area contributed by atoms with Gasteiger partial charge in [-0.15, -0.1) is 0 Å². The third-order valence-corrected chi connectivity index (χ3v) is 5.15. The second-order valence-corrected chi connectivity index (χ2v) is 7.43. The molecule has 0 aliphatic carbocycles. The van der Waals surface area contributed by atoms with Crippen molar-refractivity contribution >= 4 is 10.0 Å². The summed E-state index contributed by atoms with van der Waals surface area (Å²) in [6, 6.07) is 15.4. The van der Waals surface area contributed by atoms with Gasteiger partial charge in [-0.3, -0.25) is 0 Å². The van der Waals surface area contributed by atoms with Crippen LogP contribution in [0.25, 0.3) is 0 Å². The van der Waals surface area contributed by atoms with Crippen molar-refractivity contribution in [2.24, 2.45) is 0 Å². The molecule has 1 atom stereocenters. The van der Waals surface area contributed by atoms with Gasteiger partial charge in [0.15, 0.2) is 0 Å². The average Bonchev–Trinajstić information content (AvgIpc) is 2.49. The second kappa shape index (κ2) is 7.07. The van der Waals surface area contributed by atoms with Gasteiger partial charge in [0, 0.05) is 6.04 Å². The molecule has 22 heavy (non-hydrogen) atoms. The van der Waals surface area contributed by atoms with Gasteiger partial charge in [-0.2, -0.15) is 0 Å². The Morgan fingerprint density at radius 1 is 0.955 bits per heavy atom. The van der Waals surface area contributed by atoms with Gasteiger partial charge < -0.3 is 0 Å². The minimum Gasteiger partial charge on any atom is -0.212 e. The van der Waals surface area contributed by atoms with E-state index in [1.807, 2.05) is 62.4 Å². The van der Waals surface area contributed by atoms with Gasteiger partial charge in [0.1, 0.15) is 0 Å². The van der Waals surface area contributed by atoms with Crippen LogP contribution in [0.15, 0.2) is 48.5 Å². The number of rotatable bonds is 6. The molecule has 0 amide bonds. The zero-order valence-electron chi connectivity index (χ0n) is 13.3. The number of aryl methyl sites for hydroxylation is 2. The Balaban J connectivity index is 2.05. The van der Waals surface area contributed by atoms with Crippen molar-refractivity contribution in [1.29, 1.82) is 0 Å². The molecule has 0 aliphatic rings. The zero-order chi connectivity index (χ0) is 16.2. The second-order valence-electron chi connectivity index (χ2n) is 5.68. The van der Waals surface area contributed by atoms with Gasteiger partial charge in [-0.05, 0) is 37.0 Å². The molecule has 0 fully saturated rings. The first kappa shape index (κ1) is 16.7. The molecule has 1 N–H and O–H groups in total. The molecule has 0 aromatic heterocycles. The van der Waals surface area contributed by atoms with Crippen molar-refractivity contribution in [2.75, 3.05) is 0 Å². The van der Waals surface area contributed by atoms with Crippen LogP contribution < -0.4 is 4.72 Å². The lowest BCUT2D eigenvalue weighted by atomic mass is 10.1. The van der Waals surface area contributed by atoms with Gasteiger partial charge in [0.05, 0.1) is 5.75 Å². The maximum atomic E-state index is 12.3. The van der Waals surface area contributed by atoms with Crippen LogP contribution in [0, 0.1) is 6.92 Å². The van der Waals surface area contributed by atoms with E-state index in [2.05, 4.69) is 11.6 Å². The maximum absolute atomic E-state index is 12.3. The number of hydrogen-bond acceptors (Lipinski definition) is 2. The van der Waals surface area contributed by atoms with E-state index < -0.39 is 10.0 Å². The first-order valence-electron chi connectivity index (χ1n) is 7.54. The van der Waals surface area contributed by atoms with E-state index in [9.17, 15) is 8.42 Å². The summed E-state index contributed by atoms with van der Waals surface area (Å²) in [6.07, 6.45) is 0.980. The van der Waals surface area contributed by atoms with Gasteiger partial charge >= 0.3 is 0 Å². The standard InChI is InChI=1S/C18H23NO2S/c1-4-16-9-11-18(12-10-16)15(3)19-22(20,21)13-17-7-5-14(2)6-8-17/h5-12,15,19H,4,13H2,1-3H3/t15-/m0/s1. The number of hydrogen-bond donors (Lipinski definition) is 1. The fourth-order valence-corrected chi connectivity index (χ4v) is 3.71. The number of nitrogens with one attached hydrogen (secondary N) is 1. The van der Waals surface area contributed by atoms with Crippen LogP contribution in [0.4, 0.5) is 0 Å². The molecule has 0 spiro atoms. The highest BCUT2D eigenvalue weighted by Crippen LogP contribution is 2.16. The zero-order valence-corrected chi connectivity index (χ0v) is 14.2. The molecule has 0 radical (unpaired) electrons. The highest BCUT2D eigenvalue weighted by Gasteiger charge is 2.16. The molecule has 0 bridgehead atoms. The van der Waals surface area contributed by atoms with Crippen LogP contribution in [0.2, 0.25) is 0 Å². The third kappa shape index (κ3) is 4.68. The van der Waals surface area contributed by atoms with Gasteiger partial charge in [0.2, 0.25) is 10.0 Å². The molecular formula is C18H23NO2S. The lowest BCUT2D eigenvalue weighted by Crippen LogP contribution is -2.28. The number of sulfonamides is 1. The van der Waals surface area contributed by atoms with Crippen LogP contribution in [-0.2, 0) is 22.2 Å². The Labute approximate surface area is 133 Å². The summed E-state index contributed by atoms with van der Waals surface area (Å²) in [5, 5.41) is 0. The Kier molecular flexibility index (Phi) is 5.37. The molecule has 3 nitrogen and oxygen atoms in total. The van der Waals surface area contributed by atoms with Crippen LogP contribution in [0.3, 0.4) is 0 Å². The largest absolute Gasteiger partial charge is 0.216 e. The molecule has 0 saturated heterocycles. The predicted octanol–water partition coefficient (Wildman–Crippen LogP) is 3.74. The minimum absolute atomic E-state index is 0.00463. The van der Waals surface area contributed by atoms with E-state index >= 15 is 0 Å². The van der Waals surface area contributed by atoms with Crippen molar-refractivity contribution < 1.29 is 8.42 Å². The van der Waals surface area contributed by atoms with E-state index in [0.29, 0.717) is 0 Å². The molecule has 0 aliphatic heterocycles. The minimum atomic E-state index is -3.36. The van der Waals surface area contributed by atoms with Crippen LogP contribution in [-0.4, -0.2) is 8.42 Å². The van der Waals surface area contributed by atoms with E-state index in [0.717, 1.165) is 23.1 Å². The normalized spacial score (nSPS) is 13.0. The summed E-state index contributed by atoms with van der Waals surface area (Å²) < 4.78 is 27.3. The molecule has 0 heterocycles. The fraction of sp³-hybridized carbons (Fsp3) is 0.333. The number of benzene rings is 2. The lowest BCUT2D eigenvalue weighted by Gasteiger charge is -2.15. The maximum Gasteiger partial charge on any atom is 0.216 e. The monoisotopic (exact) mass is 317 g/mol. The Morgan fingerprint density at radius 2 is 1.50 bits per heavy atom. The summed E-state index contributed by atoms with van der Waals surface area (Å²) in [4.78, 5) is 0. The Morgan fingerprint density at radius 3 is 2.05 bits per heavy atom. The highest BCUT2D eigenvalue weighted by molar-refractivity contribution is 7.88. The third-order valence-electron chi connectivity index (χ3n) is 3.72. The van der Waals surface area contributed by atoms with Gasteiger partial charge in [-0.25, -0.2) is 13.1 Å². The van der Waals surface area contributed by atoms with Gasteiger partial charge in [0.25, 0.3) is 0 Å². The van der Waals surface area contributed by atoms with Crippen LogP contribution >= 0.6 is 0 Å². The van der Waals surface area contributed by atoms with Crippen LogP contribution in [0.5, 0.6) is 0 Å². The molecule has 118 valence electrons. The predicted molar refractivity (Wildman–Crippen MR) is 91.2 cm³/mol. The Hall–Kier alpha value is -1.65. The highest BCUT2D eigenvalue weighted by atomic mass is 32.2. The molecule has 2 aromatic carbocycles. The average molecular weight is 317 g/mol. The quantitative estimate of drug-likeness (QED) is 0.882. The van der Waals surface area contributed by atoms with Crippen molar-refractivity contribution in [2.45, 2.75) is 39.0 Å². The first-order chi connectivity index (χ1) is 10.4. The van der Waals surface area contributed by atoms with E-state index in [-0.39, 0.29) is 11.8 Å². The summed E-state index contributed by atoms with van der Waals surface area (Å²) in [5.74, 6) is 0.00463. The summed E-state index contributed by atoms with van der Waals surface area (Å²) in [6.45, 7) is 5.95. The van der Waals surface area contributed by atoms with Crippen molar-refractivity contribution in [1.82, 2.24) is 4.72 Å². The van der Waals surface area contributed by atoms with Crippen molar-refractivity contribution in [3.8, 4) is 0 Å². The summed E-state index contributed by atoms with van der Waals surface area (Å²) in [5.41, 5.74) is 4.15. The van der Waals surface area contributed by atoms with E-state index in [4.69, 9.17) is 0 Å². The molecular weight excluding hydrogens is 294 g/mol.